The van der Waals surface area contributed by atoms with Gasteiger partial charge in [-0.05, 0) is 12.1 Å². The molecule has 1 aromatic carbocycles. The summed E-state index contributed by atoms with van der Waals surface area (Å²) in [4.78, 5) is 16.9. The molecule has 0 saturated carbocycles. The lowest BCUT2D eigenvalue weighted by atomic mass is 10.0. The number of benzene rings is 1. The first-order valence-electron chi connectivity index (χ1n) is 9.03. The van der Waals surface area contributed by atoms with Crippen molar-refractivity contribution in [2.24, 2.45) is 0 Å². The lowest BCUT2D eigenvalue weighted by Crippen LogP contribution is -2.37. The summed E-state index contributed by atoms with van der Waals surface area (Å²) < 4.78 is 22.6. The molecule has 8 nitrogen and oxygen atoms in total. The molecule has 2 N–H and O–H groups in total. The van der Waals surface area contributed by atoms with Gasteiger partial charge in [0.25, 0.3) is 0 Å². The van der Waals surface area contributed by atoms with Crippen LogP contribution in [0.4, 0.5) is 15.9 Å². The molecule has 0 unspecified atom stereocenters. The van der Waals surface area contributed by atoms with Crippen molar-refractivity contribution in [1.29, 1.82) is 0 Å². The van der Waals surface area contributed by atoms with Gasteiger partial charge < -0.3 is 19.4 Å². The van der Waals surface area contributed by atoms with Crippen molar-refractivity contribution in [3.05, 3.63) is 41.6 Å². The average molecular weight is 415 g/mol. The summed E-state index contributed by atoms with van der Waals surface area (Å²) in [5.74, 6) is -0.0695. The number of anilines is 2. The molecule has 1 saturated heterocycles. The fourth-order valence-electron chi connectivity index (χ4n) is 3.73. The largest absolute Gasteiger partial charge is 0.378 e. The predicted molar refractivity (Wildman–Crippen MR) is 108 cm³/mol. The minimum Gasteiger partial charge on any atom is -0.378 e. The Morgan fingerprint density at radius 3 is 2.90 bits per heavy atom. The highest BCUT2D eigenvalue weighted by Crippen LogP contribution is 2.42. The molecule has 1 aliphatic rings. The van der Waals surface area contributed by atoms with Gasteiger partial charge >= 0.3 is 0 Å². The highest BCUT2D eigenvalue weighted by Gasteiger charge is 2.26. The topological polar surface area (TPSA) is 87.5 Å². The van der Waals surface area contributed by atoms with Crippen LogP contribution < -0.4 is 10.2 Å². The van der Waals surface area contributed by atoms with Crippen molar-refractivity contribution in [3.63, 3.8) is 0 Å². The summed E-state index contributed by atoms with van der Waals surface area (Å²) in [6.45, 7) is 2.22. The molecule has 29 heavy (non-hydrogen) atoms. The Balaban J connectivity index is 1.69. The van der Waals surface area contributed by atoms with Crippen LogP contribution in [0.2, 0.25) is 5.02 Å². The summed E-state index contributed by atoms with van der Waals surface area (Å²) in [6.07, 6.45) is 5.68. The number of nitrogens with zero attached hydrogens (tertiary/aromatic N) is 4. The Morgan fingerprint density at radius 2 is 2.10 bits per heavy atom. The molecule has 1 fully saturated rings. The molecular formula is C19H16ClFN6O2. The molecule has 4 heterocycles. The van der Waals surface area contributed by atoms with Crippen LogP contribution in [0, 0.1) is 5.82 Å². The Kier molecular flexibility index (Phi) is 4.33. The standard InChI is InChI=1S/C19H16ClFN6O2/c20-16-15(11-1-2-14-24-13(22-10-28)9-27(14)8-11)12-7-23-25-18(12)19(17(16)21)26-3-5-29-6-4-26/h1-2,7-10H,3-6H2,(H,22,28)(H,23,25). The van der Waals surface area contributed by atoms with Gasteiger partial charge in [-0.25, -0.2) is 9.37 Å². The number of nitrogens with one attached hydrogen (secondary N) is 2. The third-order valence-corrected chi connectivity index (χ3v) is 5.39. The van der Waals surface area contributed by atoms with E-state index in [4.69, 9.17) is 16.3 Å². The number of ether oxygens (including phenoxy) is 1. The van der Waals surface area contributed by atoms with Crippen LogP contribution in [0.3, 0.4) is 0 Å². The number of fused-ring (bicyclic) bond motifs is 2. The number of H-pyrrole nitrogens is 1. The Hall–Kier alpha value is -3.17. The van der Waals surface area contributed by atoms with E-state index < -0.39 is 5.82 Å². The van der Waals surface area contributed by atoms with Crippen molar-refractivity contribution < 1.29 is 13.9 Å². The van der Waals surface area contributed by atoms with Crippen LogP contribution in [-0.4, -0.2) is 52.3 Å². The van der Waals surface area contributed by atoms with Gasteiger partial charge in [0.05, 0.1) is 36.1 Å². The first-order valence-corrected chi connectivity index (χ1v) is 9.41. The molecule has 0 aliphatic carbocycles. The van der Waals surface area contributed by atoms with E-state index in [0.717, 1.165) is 5.39 Å². The van der Waals surface area contributed by atoms with Gasteiger partial charge in [0.2, 0.25) is 6.41 Å². The lowest BCUT2D eigenvalue weighted by Gasteiger charge is -2.30. The maximum atomic E-state index is 15.4. The summed E-state index contributed by atoms with van der Waals surface area (Å²) >= 11 is 6.54. The van der Waals surface area contributed by atoms with Crippen LogP contribution in [0.1, 0.15) is 0 Å². The second-order valence-corrected chi connectivity index (χ2v) is 7.06. The normalized spacial score (nSPS) is 14.6. The molecule has 4 aromatic rings. The molecule has 1 aliphatic heterocycles. The number of carbonyl (C=O) groups excluding carboxylic acids is 1. The van der Waals surface area contributed by atoms with E-state index in [2.05, 4.69) is 20.5 Å². The molecule has 10 heteroatoms. The van der Waals surface area contributed by atoms with Gasteiger partial charge in [0, 0.05) is 35.8 Å². The highest BCUT2D eigenvalue weighted by molar-refractivity contribution is 6.36. The first kappa shape index (κ1) is 17.9. The SMILES string of the molecule is O=CNc1cn2cc(-c3c(Cl)c(F)c(N4CCOCC4)c4[nH]ncc34)ccc2n1. The second kappa shape index (κ2) is 7.02. The van der Waals surface area contributed by atoms with E-state index in [1.807, 2.05) is 11.0 Å². The van der Waals surface area contributed by atoms with Crippen LogP contribution >= 0.6 is 11.6 Å². The zero-order chi connectivity index (χ0) is 20.0. The van der Waals surface area contributed by atoms with Gasteiger partial charge in [-0.1, -0.05) is 11.6 Å². The zero-order valence-electron chi connectivity index (χ0n) is 15.2. The Morgan fingerprint density at radius 1 is 1.28 bits per heavy atom. The maximum absolute atomic E-state index is 15.4. The first-order chi connectivity index (χ1) is 14.2. The lowest BCUT2D eigenvalue weighted by molar-refractivity contribution is -0.105. The number of amides is 1. The number of pyridine rings is 1. The smallest absolute Gasteiger partial charge is 0.212 e. The van der Waals surface area contributed by atoms with Crippen LogP contribution in [0.5, 0.6) is 0 Å². The van der Waals surface area contributed by atoms with E-state index in [1.54, 1.807) is 29.1 Å². The summed E-state index contributed by atoms with van der Waals surface area (Å²) in [7, 11) is 0. The van der Waals surface area contributed by atoms with E-state index in [1.165, 1.54) is 0 Å². The minimum absolute atomic E-state index is 0.0334. The number of carbonyl (C=O) groups is 1. The van der Waals surface area contributed by atoms with Crippen LogP contribution in [-0.2, 0) is 9.53 Å². The van der Waals surface area contributed by atoms with E-state index in [0.29, 0.717) is 66.5 Å². The van der Waals surface area contributed by atoms with Crippen LogP contribution in [0.25, 0.3) is 27.7 Å². The predicted octanol–water partition coefficient (Wildman–Crippen LogP) is 3.08. The maximum Gasteiger partial charge on any atom is 0.212 e. The molecule has 0 bridgehead atoms. The van der Waals surface area contributed by atoms with Gasteiger partial charge in [-0.3, -0.25) is 9.89 Å². The molecule has 0 atom stereocenters. The summed E-state index contributed by atoms with van der Waals surface area (Å²) in [6, 6.07) is 3.59. The monoisotopic (exact) mass is 414 g/mol. The van der Waals surface area contributed by atoms with Gasteiger partial charge in [-0.2, -0.15) is 5.10 Å². The van der Waals surface area contributed by atoms with Gasteiger partial charge in [0.15, 0.2) is 11.6 Å². The van der Waals surface area contributed by atoms with Crippen LogP contribution in [0.15, 0.2) is 30.7 Å². The Labute approximate surface area is 169 Å². The Bertz CT molecular complexity index is 1230. The van der Waals surface area contributed by atoms with Crippen molar-refractivity contribution in [2.45, 2.75) is 0 Å². The molecule has 0 spiro atoms. The quantitative estimate of drug-likeness (QED) is 0.501. The highest BCUT2D eigenvalue weighted by atomic mass is 35.5. The van der Waals surface area contributed by atoms with Crippen molar-refractivity contribution in [1.82, 2.24) is 19.6 Å². The average Bonchev–Trinajstić information content (AvgIpc) is 3.36. The number of rotatable bonds is 4. The molecule has 5 rings (SSSR count). The summed E-state index contributed by atoms with van der Waals surface area (Å²) in [5.41, 5.74) is 2.90. The zero-order valence-corrected chi connectivity index (χ0v) is 15.9. The summed E-state index contributed by atoms with van der Waals surface area (Å²) in [5, 5.41) is 10.3. The molecular weight excluding hydrogens is 399 g/mol. The van der Waals surface area contributed by atoms with Gasteiger partial charge in [0.1, 0.15) is 11.3 Å². The van der Waals surface area contributed by atoms with Crippen molar-refractivity contribution >= 4 is 46.1 Å². The van der Waals surface area contributed by atoms with E-state index in [-0.39, 0.29) is 5.02 Å². The minimum atomic E-state index is -0.491. The molecule has 148 valence electrons. The third kappa shape index (κ3) is 2.90. The number of hydrogen-bond acceptors (Lipinski definition) is 5. The number of aromatic amines is 1. The molecule has 3 aromatic heterocycles. The number of halogens is 2. The van der Waals surface area contributed by atoms with Crippen molar-refractivity contribution in [2.75, 3.05) is 36.5 Å². The third-order valence-electron chi connectivity index (χ3n) is 5.04. The number of aromatic nitrogens is 4. The fourth-order valence-corrected chi connectivity index (χ4v) is 4.03. The van der Waals surface area contributed by atoms with E-state index in [9.17, 15) is 4.79 Å². The number of imidazole rings is 1. The molecule has 1 amide bonds. The number of hydrogen-bond donors (Lipinski definition) is 2. The molecule has 0 radical (unpaired) electrons. The second-order valence-electron chi connectivity index (χ2n) is 6.68. The fraction of sp³-hybridized carbons (Fsp3) is 0.211. The number of morpholine rings is 1. The van der Waals surface area contributed by atoms with Crippen molar-refractivity contribution in [3.8, 4) is 11.1 Å². The van der Waals surface area contributed by atoms with Gasteiger partial charge in [-0.15, -0.1) is 0 Å². The van der Waals surface area contributed by atoms with E-state index >= 15 is 4.39 Å².